The highest BCUT2D eigenvalue weighted by atomic mass is 79.9. The van der Waals surface area contributed by atoms with Crippen LogP contribution < -0.4 is 5.32 Å². The van der Waals surface area contributed by atoms with E-state index in [1.165, 1.54) is 0 Å². The second-order valence-electron chi connectivity index (χ2n) is 3.93. The average molecular weight is 311 g/mol. The van der Waals surface area contributed by atoms with Gasteiger partial charge in [0, 0.05) is 29.0 Å². The first-order valence-corrected chi connectivity index (χ1v) is 6.38. The molecular weight excluding hydrogens is 300 g/mol. The number of aromatic nitrogens is 3. The molecule has 0 saturated carbocycles. The van der Waals surface area contributed by atoms with Gasteiger partial charge in [-0.2, -0.15) is 4.98 Å². The molecular formula is C11H11BrN4O2. The van der Waals surface area contributed by atoms with Crippen LogP contribution in [0.2, 0.25) is 0 Å². The van der Waals surface area contributed by atoms with Crippen LogP contribution in [0.3, 0.4) is 0 Å². The zero-order chi connectivity index (χ0) is 12.4. The van der Waals surface area contributed by atoms with E-state index in [1.807, 2.05) is 6.07 Å². The van der Waals surface area contributed by atoms with Gasteiger partial charge in [-0.05, 0) is 22.0 Å². The van der Waals surface area contributed by atoms with Crippen molar-refractivity contribution >= 4 is 15.9 Å². The third-order valence-corrected chi connectivity index (χ3v) is 3.06. The molecule has 1 aliphatic heterocycles. The lowest BCUT2D eigenvalue weighted by atomic mass is 10.2. The molecule has 6 nitrogen and oxygen atoms in total. The summed E-state index contributed by atoms with van der Waals surface area (Å²) in [5.41, 5.74) is 0.816. The number of hydrogen-bond acceptors (Lipinski definition) is 6. The molecule has 0 radical (unpaired) electrons. The van der Waals surface area contributed by atoms with Crippen molar-refractivity contribution in [3.8, 4) is 11.4 Å². The SMILES string of the molecule is Brc1cncc(-c2noc(C3COCCN3)n2)c1. The molecule has 1 atom stereocenters. The van der Waals surface area contributed by atoms with E-state index in [4.69, 9.17) is 9.26 Å². The van der Waals surface area contributed by atoms with Crippen LogP contribution in [-0.4, -0.2) is 34.9 Å². The fourth-order valence-electron chi connectivity index (χ4n) is 1.75. The molecule has 1 aliphatic rings. The molecule has 1 unspecified atom stereocenters. The van der Waals surface area contributed by atoms with E-state index in [9.17, 15) is 0 Å². The Bertz CT molecular complexity index is 539. The number of pyridine rings is 1. The topological polar surface area (TPSA) is 73.1 Å². The number of halogens is 1. The number of nitrogens with zero attached hydrogens (tertiary/aromatic N) is 3. The summed E-state index contributed by atoms with van der Waals surface area (Å²) in [7, 11) is 0. The average Bonchev–Trinajstić information content (AvgIpc) is 2.89. The van der Waals surface area contributed by atoms with Crippen molar-refractivity contribution in [1.82, 2.24) is 20.4 Å². The van der Waals surface area contributed by atoms with Crippen LogP contribution >= 0.6 is 15.9 Å². The van der Waals surface area contributed by atoms with Crippen LogP contribution in [-0.2, 0) is 4.74 Å². The normalized spacial score (nSPS) is 19.9. The molecule has 3 heterocycles. The predicted octanol–water partition coefficient (Wildman–Crippen LogP) is 1.55. The number of rotatable bonds is 2. The highest BCUT2D eigenvalue weighted by Crippen LogP contribution is 2.21. The molecule has 0 aromatic carbocycles. The van der Waals surface area contributed by atoms with Gasteiger partial charge in [-0.25, -0.2) is 0 Å². The van der Waals surface area contributed by atoms with E-state index in [-0.39, 0.29) is 6.04 Å². The Balaban J connectivity index is 1.84. The van der Waals surface area contributed by atoms with E-state index < -0.39 is 0 Å². The van der Waals surface area contributed by atoms with Gasteiger partial charge in [-0.1, -0.05) is 5.16 Å². The van der Waals surface area contributed by atoms with Gasteiger partial charge in [0.25, 0.3) is 0 Å². The molecule has 18 heavy (non-hydrogen) atoms. The predicted molar refractivity (Wildman–Crippen MR) is 66.8 cm³/mol. The molecule has 3 rings (SSSR count). The Morgan fingerprint density at radius 3 is 3.11 bits per heavy atom. The Morgan fingerprint density at radius 1 is 1.39 bits per heavy atom. The van der Waals surface area contributed by atoms with Crippen molar-refractivity contribution in [2.75, 3.05) is 19.8 Å². The first-order chi connectivity index (χ1) is 8.83. The molecule has 1 N–H and O–H groups in total. The molecule has 0 amide bonds. The molecule has 94 valence electrons. The second kappa shape index (κ2) is 5.13. The van der Waals surface area contributed by atoms with Crippen molar-refractivity contribution in [2.45, 2.75) is 6.04 Å². The summed E-state index contributed by atoms with van der Waals surface area (Å²) in [5.74, 6) is 1.08. The van der Waals surface area contributed by atoms with Crippen molar-refractivity contribution < 1.29 is 9.26 Å². The molecule has 7 heteroatoms. The van der Waals surface area contributed by atoms with Crippen molar-refractivity contribution in [1.29, 1.82) is 0 Å². The van der Waals surface area contributed by atoms with Gasteiger partial charge in [0.1, 0.15) is 6.04 Å². The lowest BCUT2D eigenvalue weighted by Crippen LogP contribution is -2.34. The molecule has 0 aliphatic carbocycles. The minimum Gasteiger partial charge on any atom is -0.378 e. The molecule has 0 bridgehead atoms. The van der Waals surface area contributed by atoms with Crippen molar-refractivity contribution in [3.63, 3.8) is 0 Å². The van der Waals surface area contributed by atoms with Gasteiger partial charge in [0.2, 0.25) is 11.7 Å². The molecule has 2 aromatic rings. The lowest BCUT2D eigenvalue weighted by molar-refractivity contribution is 0.0659. The summed E-state index contributed by atoms with van der Waals surface area (Å²) in [6.45, 7) is 2.06. The quantitative estimate of drug-likeness (QED) is 0.907. The largest absolute Gasteiger partial charge is 0.378 e. The van der Waals surface area contributed by atoms with Gasteiger partial charge in [0.15, 0.2) is 0 Å². The minimum absolute atomic E-state index is 0.0277. The molecule has 1 fully saturated rings. The molecule has 2 aromatic heterocycles. The van der Waals surface area contributed by atoms with E-state index in [0.717, 1.165) is 16.6 Å². The van der Waals surface area contributed by atoms with E-state index >= 15 is 0 Å². The summed E-state index contributed by atoms with van der Waals surface area (Å²) in [6, 6.07) is 1.87. The minimum atomic E-state index is -0.0277. The highest BCUT2D eigenvalue weighted by molar-refractivity contribution is 9.10. The van der Waals surface area contributed by atoms with Gasteiger partial charge in [0.05, 0.1) is 13.2 Å². The van der Waals surface area contributed by atoms with Crippen LogP contribution in [0.25, 0.3) is 11.4 Å². The Morgan fingerprint density at radius 2 is 2.33 bits per heavy atom. The first kappa shape index (κ1) is 11.8. The van der Waals surface area contributed by atoms with Crippen LogP contribution in [0.15, 0.2) is 27.5 Å². The van der Waals surface area contributed by atoms with Crippen LogP contribution in [0.5, 0.6) is 0 Å². The lowest BCUT2D eigenvalue weighted by Gasteiger charge is -2.20. The summed E-state index contributed by atoms with van der Waals surface area (Å²) >= 11 is 3.36. The summed E-state index contributed by atoms with van der Waals surface area (Å²) < 4.78 is 11.5. The van der Waals surface area contributed by atoms with Gasteiger partial charge < -0.3 is 14.6 Å². The van der Waals surface area contributed by atoms with Crippen LogP contribution in [0, 0.1) is 0 Å². The van der Waals surface area contributed by atoms with Crippen LogP contribution in [0.1, 0.15) is 11.9 Å². The van der Waals surface area contributed by atoms with E-state index in [1.54, 1.807) is 12.4 Å². The zero-order valence-corrected chi connectivity index (χ0v) is 11.1. The highest BCUT2D eigenvalue weighted by Gasteiger charge is 2.22. The molecule has 0 spiro atoms. The monoisotopic (exact) mass is 310 g/mol. The van der Waals surface area contributed by atoms with Gasteiger partial charge >= 0.3 is 0 Å². The fourth-order valence-corrected chi connectivity index (χ4v) is 2.12. The Labute approximate surface area is 112 Å². The Hall–Kier alpha value is -1.31. The number of hydrogen-bond donors (Lipinski definition) is 1. The smallest absolute Gasteiger partial charge is 0.246 e. The number of morpholine rings is 1. The fraction of sp³-hybridized carbons (Fsp3) is 0.364. The maximum atomic E-state index is 5.36. The third kappa shape index (κ3) is 2.43. The summed E-state index contributed by atoms with van der Waals surface area (Å²) in [5, 5.41) is 7.23. The standard InChI is InChI=1S/C11H11BrN4O2/c12-8-3-7(4-13-5-8)10-15-11(18-16-10)9-6-17-2-1-14-9/h3-5,9,14H,1-2,6H2. The number of ether oxygens (including phenoxy) is 1. The van der Waals surface area contributed by atoms with E-state index in [0.29, 0.717) is 24.9 Å². The van der Waals surface area contributed by atoms with Gasteiger partial charge in [-0.15, -0.1) is 0 Å². The maximum Gasteiger partial charge on any atom is 0.246 e. The maximum absolute atomic E-state index is 5.36. The summed E-state index contributed by atoms with van der Waals surface area (Å²) in [4.78, 5) is 8.44. The van der Waals surface area contributed by atoms with Crippen molar-refractivity contribution in [2.24, 2.45) is 0 Å². The van der Waals surface area contributed by atoms with Crippen molar-refractivity contribution in [3.05, 3.63) is 28.8 Å². The molecule has 1 saturated heterocycles. The zero-order valence-electron chi connectivity index (χ0n) is 9.47. The van der Waals surface area contributed by atoms with Gasteiger partial charge in [-0.3, -0.25) is 4.98 Å². The Kier molecular flexibility index (Phi) is 3.35. The number of nitrogens with one attached hydrogen (secondary N) is 1. The second-order valence-corrected chi connectivity index (χ2v) is 4.85. The first-order valence-electron chi connectivity index (χ1n) is 5.58. The van der Waals surface area contributed by atoms with E-state index in [2.05, 4.69) is 36.4 Å². The van der Waals surface area contributed by atoms with Crippen LogP contribution in [0.4, 0.5) is 0 Å². The summed E-state index contributed by atoms with van der Waals surface area (Å²) in [6.07, 6.45) is 3.41. The third-order valence-electron chi connectivity index (χ3n) is 2.62.